The zero-order valence-electron chi connectivity index (χ0n) is 20.6. The van der Waals surface area contributed by atoms with Crippen molar-refractivity contribution in [3.05, 3.63) is 69.8 Å². The van der Waals surface area contributed by atoms with Gasteiger partial charge in [-0.2, -0.15) is 26.9 Å². The highest BCUT2D eigenvalue weighted by Gasteiger charge is 2.56. The molecule has 2 aliphatic heterocycles. The second-order valence-corrected chi connectivity index (χ2v) is 12.9. The number of benzene rings is 1. The molecule has 1 aromatic carbocycles. The highest BCUT2D eigenvalue weighted by atomic mass is 32.2. The van der Waals surface area contributed by atoms with E-state index in [0.29, 0.717) is 9.90 Å². The molecule has 39 heavy (non-hydrogen) atoms. The van der Waals surface area contributed by atoms with Gasteiger partial charge in [-0.3, -0.25) is 9.29 Å². The fourth-order valence-electron chi connectivity index (χ4n) is 3.73. The number of rotatable bonds is 10. The molecule has 210 valence electrons. The molecule has 0 radical (unpaired) electrons. The molecule has 2 aromatic rings. The van der Waals surface area contributed by atoms with E-state index in [2.05, 4.69) is 9.71 Å². The summed E-state index contributed by atoms with van der Waals surface area (Å²) in [6.45, 7) is 3.43. The lowest BCUT2D eigenvalue weighted by Gasteiger charge is -2.19. The molecule has 0 unspecified atom stereocenters. The Kier molecular flexibility index (Phi) is 8.15. The molecule has 15 heteroatoms. The quantitative estimate of drug-likeness (QED) is 0.128. The van der Waals surface area contributed by atoms with Crippen molar-refractivity contribution in [2.45, 2.75) is 54.3 Å². The average molecular weight is 607 g/mol. The molecule has 3 heterocycles. The Labute approximate surface area is 229 Å². The molecular weight excluding hydrogens is 583 g/mol. The smallest absolute Gasteiger partial charge is 0.324 e. The van der Waals surface area contributed by atoms with Crippen molar-refractivity contribution in [1.82, 2.24) is 14.1 Å². The SMILES string of the molecule is Cc1sc(SCCCCC(F)(F)C(F)(F)F)c2c(NS(=O)(=O)c3ccc(-n4cccc4)cc3)nc(=O)n-2c1C. The minimum absolute atomic E-state index is 0.0509. The lowest BCUT2D eigenvalue weighted by molar-refractivity contribution is -0.284. The Hall–Kier alpha value is -2.91. The average Bonchev–Trinajstić information content (AvgIpc) is 3.49. The molecule has 1 aromatic heterocycles. The largest absolute Gasteiger partial charge is 0.453 e. The second-order valence-electron chi connectivity index (χ2n) is 8.66. The summed E-state index contributed by atoms with van der Waals surface area (Å²) < 4.78 is 95.8. The van der Waals surface area contributed by atoms with Crippen molar-refractivity contribution in [1.29, 1.82) is 0 Å². The maximum atomic E-state index is 13.2. The Morgan fingerprint density at radius 1 is 1.03 bits per heavy atom. The summed E-state index contributed by atoms with van der Waals surface area (Å²) >= 11 is 2.38. The van der Waals surface area contributed by atoms with Gasteiger partial charge in [0.05, 0.1) is 9.10 Å². The summed E-state index contributed by atoms with van der Waals surface area (Å²) in [5, 5.41) is 0. The van der Waals surface area contributed by atoms with Crippen LogP contribution in [-0.4, -0.2) is 40.4 Å². The molecule has 0 atom stereocenters. The molecule has 1 N–H and O–H groups in total. The number of hydrogen-bond acceptors (Lipinski definition) is 6. The van der Waals surface area contributed by atoms with E-state index in [1.165, 1.54) is 28.0 Å². The number of aryl methyl sites for hydroxylation is 1. The summed E-state index contributed by atoms with van der Waals surface area (Å²) in [7, 11) is -4.14. The molecule has 0 saturated carbocycles. The molecule has 0 spiro atoms. The van der Waals surface area contributed by atoms with Crippen LogP contribution in [0.2, 0.25) is 0 Å². The first kappa shape index (κ1) is 29.1. The zero-order valence-corrected chi connectivity index (χ0v) is 23.1. The van der Waals surface area contributed by atoms with E-state index in [0.717, 1.165) is 22.3 Å². The third kappa shape index (κ3) is 6.14. The minimum Gasteiger partial charge on any atom is -0.324 e. The predicted octanol–water partition coefficient (Wildman–Crippen LogP) is 6.40. The van der Waals surface area contributed by atoms with Crippen molar-refractivity contribution in [2.75, 3.05) is 10.5 Å². The number of unbranched alkanes of at least 4 members (excludes halogenated alkanes) is 1. The van der Waals surface area contributed by atoms with Crippen molar-refractivity contribution >= 4 is 38.9 Å². The summed E-state index contributed by atoms with van der Waals surface area (Å²) in [5.41, 5.74) is 0.785. The summed E-state index contributed by atoms with van der Waals surface area (Å²) in [5.74, 6) is -4.78. The van der Waals surface area contributed by atoms with E-state index in [9.17, 15) is 35.2 Å². The summed E-state index contributed by atoms with van der Waals surface area (Å²) in [6.07, 6.45) is -3.62. The number of alkyl halides is 5. The molecule has 2 aliphatic rings. The number of halogens is 5. The van der Waals surface area contributed by atoms with E-state index in [4.69, 9.17) is 0 Å². The van der Waals surface area contributed by atoms with Gasteiger partial charge in [0.1, 0.15) is 5.69 Å². The number of nitrogens with zero attached hydrogens (tertiary/aromatic N) is 3. The van der Waals surface area contributed by atoms with Crippen LogP contribution in [0.5, 0.6) is 0 Å². The molecular formula is C24H23F5N4O3S3. The van der Waals surface area contributed by atoms with Gasteiger partial charge in [-0.25, -0.2) is 13.2 Å². The monoisotopic (exact) mass is 606 g/mol. The number of imidazole rings is 1. The standard InChI is InChI=1S/C24H23F5N4O3S3/c1-15-16(2)38-21(37-14-6-3-11-23(25,26)24(27,28)29)19-20(30-22(34)33(15)19)31-39(35,36)18-9-7-17(8-10-18)32-12-4-5-13-32/h4-5,7-10,12-13H,3,6,11,14H2,1-2H3,(H,30,31,34). The van der Waals surface area contributed by atoms with Crippen LogP contribution in [-0.2, 0) is 10.0 Å². The van der Waals surface area contributed by atoms with Crippen molar-refractivity contribution in [3.8, 4) is 11.4 Å². The lowest BCUT2D eigenvalue weighted by atomic mass is 10.1. The molecule has 0 fully saturated rings. The third-order valence-electron chi connectivity index (χ3n) is 5.94. The highest BCUT2D eigenvalue weighted by molar-refractivity contribution is 8.01. The van der Waals surface area contributed by atoms with E-state index >= 15 is 0 Å². The first-order chi connectivity index (χ1) is 18.2. The van der Waals surface area contributed by atoms with Gasteiger partial charge in [0.25, 0.3) is 10.0 Å². The molecule has 0 aliphatic carbocycles. The van der Waals surface area contributed by atoms with Gasteiger partial charge in [0, 0.05) is 35.1 Å². The zero-order chi connectivity index (χ0) is 28.6. The lowest BCUT2D eigenvalue weighted by Crippen LogP contribution is -2.36. The van der Waals surface area contributed by atoms with Gasteiger partial charge in [-0.05, 0) is 68.8 Å². The van der Waals surface area contributed by atoms with E-state index < -0.39 is 34.2 Å². The van der Waals surface area contributed by atoms with Gasteiger partial charge >= 0.3 is 17.8 Å². The number of aromatic nitrogens is 3. The number of nitrogens with one attached hydrogen (secondary N) is 1. The van der Waals surface area contributed by atoms with Crippen molar-refractivity contribution in [3.63, 3.8) is 0 Å². The topological polar surface area (TPSA) is 86.0 Å². The van der Waals surface area contributed by atoms with Crippen LogP contribution in [0.4, 0.5) is 27.8 Å². The van der Waals surface area contributed by atoms with Crippen LogP contribution in [0, 0.1) is 13.8 Å². The van der Waals surface area contributed by atoms with Gasteiger partial charge in [0.2, 0.25) is 0 Å². The van der Waals surface area contributed by atoms with E-state index in [-0.39, 0.29) is 35.0 Å². The van der Waals surface area contributed by atoms with Crippen molar-refractivity contribution < 1.29 is 30.4 Å². The second kappa shape index (κ2) is 10.9. The molecule has 7 nitrogen and oxygen atoms in total. The van der Waals surface area contributed by atoms with E-state index in [1.54, 1.807) is 42.9 Å². The van der Waals surface area contributed by atoms with Crippen LogP contribution >= 0.6 is 23.1 Å². The first-order valence-corrected chi connectivity index (χ1v) is 14.9. The Morgan fingerprint density at radius 2 is 1.67 bits per heavy atom. The fraction of sp³-hybridized carbons (Fsp3) is 0.333. The van der Waals surface area contributed by atoms with E-state index in [1.807, 2.05) is 12.1 Å². The fourth-order valence-corrected chi connectivity index (χ4v) is 7.26. The third-order valence-corrected chi connectivity index (χ3v) is 9.83. The highest BCUT2D eigenvalue weighted by Crippen LogP contribution is 2.41. The Morgan fingerprint density at radius 3 is 2.28 bits per heavy atom. The van der Waals surface area contributed by atoms with Gasteiger partial charge in [0.15, 0.2) is 5.82 Å². The van der Waals surface area contributed by atoms with Crippen LogP contribution in [0.15, 0.2) is 62.7 Å². The number of fused-ring (bicyclic) bond motifs is 1. The first-order valence-electron chi connectivity index (χ1n) is 11.6. The number of hydrogen-bond donors (Lipinski definition) is 1. The molecule has 4 rings (SSSR count). The Balaban J connectivity index is 1.56. The van der Waals surface area contributed by atoms with Crippen LogP contribution < -0.4 is 10.4 Å². The number of anilines is 1. The van der Waals surface area contributed by atoms with Crippen LogP contribution in [0.3, 0.4) is 0 Å². The Bertz CT molecular complexity index is 1580. The maximum absolute atomic E-state index is 13.2. The van der Waals surface area contributed by atoms with Crippen LogP contribution in [0.25, 0.3) is 11.4 Å². The number of sulfonamides is 1. The van der Waals surface area contributed by atoms with Gasteiger partial charge in [-0.15, -0.1) is 23.1 Å². The van der Waals surface area contributed by atoms with Gasteiger partial charge in [-0.1, -0.05) is 0 Å². The molecule has 0 saturated heterocycles. The maximum Gasteiger partial charge on any atom is 0.453 e. The van der Waals surface area contributed by atoms with Crippen molar-refractivity contribution in [2.24, 2.45) is 0 Å². The molecule has 0 amide bonds. The number of thioether (sulfide) groups is 1. The predicted molar refractivity (Wildman–Crippen MR) is 141 cm³/mol. The molecule has 0 bridgehead atoms. The minimum atomic E-state index is -5.60. The van der Waals surface area contributed by atoms with Crippen LogP contribution in [0.1, 0.15) is 29.8 Å². The summed E-state index contributed by atoms with van der Waals surface area (Å²) in [4.78, 5) is 17.3. The summed E-state index contributed by atoms with van der Waals surface area (Å²) in [6, 6.07) is 9.73. The normalized spacial score (nSPS) is 12.8. The van der Waals surface area contributed by atoms with Gasteiger partial charge < -0.3 is 4.57 Å².